The Labute approximate surface area is 39.0 Å². The summed E-state index contributed by atoms with van der Waals surface area (Å²) in [5.74, 6) is 2.43. The van der Waals surface area contributed by atoms with E-state index in [9.17, 15) is 0 Å². The van der Waals surface area contributed by atoms with E-state index in [0.717, 1.165) is 6.42 Å². The van der Waals surface area contributed by atoms with Crippen LogP contribution in [0.4, 0.5) is 0 Å². The van der Waals surface area contributed by atoms with Gasteiger partial charge in [0, 0.05) is 6.42 Å². The SMILES string of the molecule is C#CCC.[Cl-]. The van der Waals surface area contributed by atoms with Crippen molar-refractivity contribution >= 4 is 0 Å². The fourth-order valence-corrected chi connectivity index (χ4v) is 0. The molecular formula is C4H6Cl-. The van der Waals surface area contributed by atoms with Gasteiger partial charge in [-0.05, 0) is 0 Å². The van der Waals surface area contributed by atoms with E-state index in [4.69, 9.17) is 6.42 Å². The monoisotopic (exact) mass is 89.0 g/mol. The third kappa shape index (κ3) is 18.2. The first-order chi connectivity index (χ1) is 1.91. The molecule has 5 heavy (non-hydrogen) atoms. The van der Waals surface area contributed by atoms with Crippen LogP contribution in [0.15, 0.2) is 0 Å². The van der Waals surface area contributed by atoms with Gasteiger partial charge >= 0.3 is 0 Å². The zero-order valence-corrected chi connectivity index (χ0v) is 3.92. The van der Waals surface area contributed by atoms with Gasteiger partial charge in [0.1, 0.15) is 0 Å². The van der Waals surface area contributed by atoms with Crippen molar-refractivity contribution in [3.05, 3.63) is 0 Å². The second-order valence-electron chi connectivity index (χ2n) is 0.558. The molecule has 0 saturated carbocycles. The Bertz CT molecular complexity index is 33.4. The Morgan fingerprint density at radius 3 is 2.00 bits per heavy atom. The van der Waals surface area contributed by atoms with Crippen LogP contribution in [0.5, 0.6) is 0 Å². The molecule has 0 unspecified atom stereocenters. The van der Waals surface area contributed by atoms with Crippen LogP contribution < -0.4 is 12.4 Å². The summed E-state index contributed by atoms with van der Waals surface area (Å²) in [6, 6.07) is 0. The Morgan fingerprint density at radius 2 is 2.00 bits per heavy atom. The fourth-order valence-electron chi connectivity index (χ4n) is 0. The van der Waals surface area contributed by atoms with Crippen molar-refractivity contribution in [3.8, 4) is 12.3 Å². The van der Waals surface area contributed by atoms with Crippen LogP contribution in [-0.2, 0) is 0 Å². The van der Waals surface area contributed by atoms with Crippen LogP contribution in [-0.4, -0.2) is 0 Å². The van der Waals surface area contributed by atoms with Crippen molar-refractivity contribution in [2.45, 2.75) is 13.3 Å². The quantitative estimate of drug-likeness (QED) is 0.302. The molecule has 0 aromatic rings. The van der Waals surface area contributed by atoms with E-state index in [1.54, 1.807) is 0 Å². The van der Waals surface area contributed by atoms with Gasteiger partial charge in [-0.3, -0.25) is 0 Å². The van der Waals surface area contributed by atoms with Gasteiger partial charge in [-0.15, -0.1) is 12.3 Å². The van der Waals surface area contributed by atoms with Crippen LogP contribution in [0.1, 0.15) is 13.3 Å². The highest BCUT2D eigenvalue weighted by atomic mass is 35.5. The van der Waals surface area contributed by atoms with E-state index >= 15 is 0 Å². The zero-order valence-electron chi connectivity index (χ0n) is 3.16. The number of terminal acetylenes is 1. The minimum Gasteiger partial charge on any atom is -1.00 e. The highest BCUT2D eigenvalue weighted by Gasteiger charge is 1.43. The largest absolute Gasteiger partial charge is 1.00 e. The van der Waals surface area contributed by atoms with E-state index in [0.29, 0.717) is 0 Å². The van der Waals surface area contributed by atoms with Crippen molar-refractivity contribution in [2.75, 3.05) is 0 Å². The normalized spacial score (nSPS) is 4.00. The lowest BCUT2D eigenvalue weighted by atomic mass is 10.5. The maximum atomic E-state index is 4.78. The smallest absolute Gasteiger partial charge is 0.00576 e. The number of halogens is 1. The molecule has 0 N–H and O–H groups in total. The molecule has 0 heterocycles. The van der Waals surface area contributed by atoms with Crippen LogP contribution in [0.2, 0.25) is 0 Å². The highest BCUT2D eigenvalue weighted by molar-refractivity contribution is 4.80. The predicted octanol–water partition coefficient (Wildman–Crippen LogP) is -1.97. The molecule has 0 aromatic heterocycles. The molecule has 0 amide bonds. The average Bonchev–Trinajstić information content (AvgIpc) is 1.37. The van der Waals surface area contributed by atoms with E-state index < -0.39 is 0 Å². The van der Waals surface area contributed by atoms with Gasteiger partial charge < -0.3 is 12.4 Å². The van der Waals surface area contributed by atoms with Crippen molar-refractivity contribution in [3.63, 3.8) is 0 Å². The van der Waals surface area contributed by atoms with Gasteiger partial charge in [0.15, 0.2) is 0 Å². The molecule has 0 rings (SSSR count). The Balaban J connectivity index is 0. The van der Waals surface area contributed by atoms with Crippen LogP contribution in [0, 0.1) is 12.3 Å². The lowest BCUT2D eigenvalue weighted by Gasteiger charge is -1.52. The summed E-state index contributed by atoms with van der Waals surface area (Å²) in [5.41, 5.74) is 0. The Hall–Kier alpha value is -0.150. The van der Waals surface area contributed by atoms with Crippen LogP contribution >= 0.6 is 0 Å². The minimum atomic E-state index is 0. The molecule has 0 fully saturated rings. The minimum absolute atomic E-state index is 0. The highest BCUT2D eigenvalue weighted by Crippen LogP contribution is 1.58. The molecule has 0 aromatic carbocycles. The van der Waals surface area contributed by atoms with E-state index in [1.807, 2.05) is 6.92 Å². The van der Waals surface area contributed by atoms with Crippen molar-refractivity contribution < 1.29 is 12.4 Å². The zero-order chi connectivity index (χ0) is 3.41. The van der Waals surface area contributed by atoms with Crippen molar-refractivity contribution in [1.82, 2.24) is 0 Å². The first-order valence-corrected chi connectivity index (χ1v) is 1.35. The maximum Gasteiger partial charge on any atom is 0.00576 e. The van der Waals surface area contributed by atoms with Gasteiger partial charge in [-0.25, -0.2) is 0 Å². The summed E-state index contributed by atoms with van der Waals surface area (Å²) in [4.78, 5) is 0. The van der Waals surface area contributed by atoms with E-state index in [2.05, 4.69) is 5.92 Å². The molecule has 0 aliphatic carbocycles. The second-order valence-corrected chi connectivity index (χ2v) is 0.558. The summed E-state index contributed by atoms with van der Waals surface area (Å²) in [6.45, 7) is 1.94. The molecule has 0 aliphatic rings. The molecule has 0 saturated heterocycles. The number of hydrogen-bond donors (Lipinski definition) is 0. The first-order valence-electron chi connectivity index (χ1n) is 1.35. The molecule has 0 atom stereocenters. The summed E-state index contributed by atoms with van der Waals surface area (Å²) in [6.07, 6.45) is 5.62. The van der Waals surface area contributed by atoms with Crippen LogP contribution in [0.3, 0.4) is 0 Å². The van der Waals surface area contributed by atoms with Crippen molar-refractivity contribution in [2.24, 2.45) is 0 Å². The summed E-state index contributed by atoms with van der Waals surface area (Å²) >= 11 is 0. The van der Waals surface area contributed by atoms with Gasteiger partial charge in [-0.2, -0.15) is 0 Å². The molecule has 0 aliphatic heterocycles. The van der Waals surface area contributed by atoms with Gasteiger partial charge in [0.05, 0.1) is 0 Å². The molecule has 1 heteroatoms. The summed E-state index contributed by atoms with van der Waals surface area (Å²) in [5, 5.41) is 0. The van der Waals surface area contributed by atoms with Gasteiger partial charge in [0.2, 0.25) is 0 Å². The second kappa shape index (κ2) is 9.14. The third-order valence-electron chi connectivity index (χ3n) is 0.204. The molecule has 0 nitrogen and oxygen atoms in total. The van der Waals surface area contributed by atoms with Crippen molar-refractivity contribution in [1.29, 1.82) is 0 Å². The lowest BCUT2D eigenvalue weighted by Crippen LogP contribution is -3.00. The topological polar surface area (TPSA) is 0 Å². The van der Waals surface area contributed by atoms with Gasteiger partial charge in [0.25, 0.3) is 0 Å². The van der Waals surface area contributed by atoms with Gasteiger partial charge in [-0.1, -0.05) is 6.92 Å². The predicted molar refractivity (Wildman–Crippen MR) is 19.1 cm³/mol. The lowest BCUT2D eigenvalue weighted by molar-refractivity contribution is -0.000000924. The summed E-state index contributed by atoms with van der Waals surface area (Å²) in [7, 11) is 0. The molecular weight excluding hydrogens is 83.5 g/mol. The Kier molecular flexibility index (Phi) is 16.2. The molecule has 30 valence electrons. The Morgan fingerprint density at radius 1 is 1.80 bits per heavy atom. The molecule has 0 spiro atoms. The van der Waals surface area contributed by atoms with E-state index in [-0.39, 0.29) is 12.4 Å². The molecule has 0 bridgehead atoms. The van der Waals surface area contributed by atoms with Crippen LogP contribution in [0.25, 0.3) is 0 Å². The maximum absolute atomic E-state index is 4.78. The summed E-state index contributed by atoms with van der Waals surface area (Å²) < 4.78 is 0. The number of rotatable bonds is 0. The van der Waals surface area contributed by atoms with E-state index in [1.165, 1.54) is 0 Å². The first kappa shape index (κ1) is 8.85. The standard InChI is InChI=1S/C4H6.ClH/c1-3-4-2;/h1H,4H2,2H3;1H/p-1. The third-order valence-corrected chi connectivity index (χ3v) is 0.204. The molecule has 0 radical (unpaired) electrons. The number of hydrogen-bond acceptors (Lipinski definition) is 0. The fraction of sp³-hybridized carbons (Fsp3) is 0.500. The average molecular weight is 89.5 g/mol.